The number of rotatable bonds is 12. The number of hydrogen-bond donors (Lipinski definition) is 7. The summed E-state index contributed by atoms with van der Waals surface area (Å²) in [5, 5.41) is 21.6. The van der Waals surface area contributed by atoms with E-state index in [2.05, 4.69) is 15.6 Å². The van der Waals surface area contributed by atoms with Crippen LogP contribution < -0.4 is 26.8 Å². The molecule has 1 unspecified atom stereocenters. The Bertz CT molecular complexity index is 1650. The fourth-order valence-electron chi connectivity index (χ4n) is 4.60. The van der Waals surface area contributed by atoms with E-state index < -0.39 is 24.0 Å². The second-order valence-corrected chi connectivity index (χ2v) is 9.74. The van der Waals surface area contributed by atoms with Crippen LogP contribution in [-0.2, 0) is 20.7 Å². The van der Waals surface area contributed by atoms with Crippen LogP contribution in [0.5, 0.6) is 5.75 Å². The van der Waals surface area contributed by atoms with Crippen molar-refractivity contribution >= 4 is 40.5 Å². The SMILES string of the molecule is COC(=O)C(CCCNC(=O)Oc1ccccc1)NC(=O)Cc1c(-c2ccc(C(=N)N)cc2)[nH]c2cc(C(=N)N)ccc12. The van der Waals surface area contributed by atoms with E-state index in [0.717, 1.165) is 10.9 Å². The van der Waals surface area contributed by atoms with Crippen LogP contribution in [0.2, 0.25) is 0 Å². The average Bonchev–Trinajstić information content (AvgIpc) is 3.35. The number of amides is 2. The summed E-state index contributed by atoms with van der Waals surface area (Å²) < 4.78 is 10.1. The number of amidine groups is 2. The van der Waals surface area contributed by atoms with E-state index in [1.165, 1.54) is 7.11 Å². The molecule has 0 saturated heterocycles. The van der Waals surface area contributed by atoms with Crippen molar-refractivity contribution in [2.24, 2.45) is 11.5 Å². The van der Waals surface area contributed by atoms with Crippen LogP contribution in [0.3, 0.4) is 0 Å². The minimum Gasteiger partial charge on any atom is -0.467 e. The van der Waals surface area contributed by atoms with Crippen LogP contribution >= 0.6 is 0 Å². The Hall–Kier alpha value is -5.65. The molecule has 222 valence electrons. The molecule has 9 N–H and O–H groups in total. The molecule has 0 radical (unpaired) electrons. The Labute approximate surface area is 247 Å². The van der Waals surface area contributed by atoms with Gasteiger partial charge >= 0.3 is 12.1 Å². The third kappa shape index (κ3) is 7.76. The summed E-state index contributed by atoms with van der Waals surface area (Å²) in [5.41, 5.74) is 15.1. The molecule has 0 aliphatic heterocycles. The number of nitrogens with one attached hydrogen (secondary N) is 5. The zero-order valence-electron chi connectivity index (χ0n) is 23.5. The summed E-state index contributed by atoms with van der Waals surface area (Å²) in [5.74, 6) is -0.767. The number of H-pyrrole nitrogens is 1. The van der Waals surface area contributed by atoms with Gasteiger partial charge in [0.25, 0.3) is 0 Å². The van der Waals surface area contributed by atoms with Crippen molar-refractivity contribution in [3.05, 3.63) is 89.5 Å². The Kier molecular flexibility index (Phi) is 9.74. The monoisotopic (exact) mass is 583 g/mol. The van der Waals surface area contributed by atoms with Gasteiger partial charge in [0.15, 0.2) is 0 Å². The molecule has 12 nitrogen and oxygen atoms in total. The molecule has 0 aliphatic carbocycles. The number of esters is 1. The number of aromatic amines is 1. The van der Waals surface area contributed by atoms with Gasteiger partial charge in [-0.1, -0.05) is 54.6 Å². The predicted octanol–water partition coefficient (Wildman–Crippen LogP) is 3.17. The van der Waals surface area contributed by atoms with Crippen LogP contribution in [0.25, 0.3) is 22.2 Å². The number of carbonyl (C=O) groups is 3. The smallest absolute Gasteiger partial charge is 0.412 e. The van der Waals surface area contributed by atoms with E-state index in [9.17, 15) is 14.4 Å². The highest BCUT2D eigenvalue weighted by atomic mass is 16.6. The first-order valence-electron chi connectivity index (χ1n) is 13.5. The van der Waals surface area contributed by atoms with Gasteiger partial charge in [-0.2, -0.15) is 0 Å². The number of para-hydroxylation sites is 1. The maximum Gasteiger partial charge on any atom is 0.412 e. The van der Waals surface area contributed by atoms with Crippen LogP contribution in [0.15, 0.2) is 72.8 Å². The third-order valence-electron chi connectivity index (χ3n) is 6.75. The number of carbonyl (C=O) groups excluding carboxylic acids is 3. The van der Waals surface area contributed by atoms with Gasteiger partial charge in [0.05, 0.1) is 19.2 Å². The van der Waals surface area contributed by atoms with Crippen molar-refractivity contribution in [2.45, 2.75) is 25.3 Å². The van der Waals surface area contributed by atoms with E-state index in [4.69, 9.17) is 31.8 Å². The van der Waals surface area contributed by atoms with Crippen LogP contribution in [-0.4, -0.2) is 54.3 Å². The van der Waals surface area contributed by atoms with Crippen molar-refractivity contribution in [1.29, 1.82) is 10.8 Å². The molecule has 43 heavy (non-hydrogen) atoms. The Balaban J connectivity index is 1.47. The van der Waals surface area contributed by atoms with Crippen molar-refractivity contribution in [3.8, 4) is 17.0 Å². The standard InChI is InChI=1S/C31H33N7O5/c1-42-30(40)24(8-5-15-36-31(41)43-21-6-3-2-4-7-21)37-26(39)17-23-22-14-13-20(29(34)35)16-25(22)38-27(23)18-9-11-19(12-10-18)28(32)33/h2-4,6-7,9-14,16,24,38H,5,8,15,17H2,1H3,(H3,32,33)(H3,34,35)(H,36,41)(H,37,39). The number of hydrogen-bond acceptors (Lipinski definition) is 7. The number of fused-ring (bicyclic) bond motifs is 1. The van der Waals surface area contributed by atoms with Crippen molar-refractivity contribution in [2.75, 3.05) is 13.7 Å². The molecule has 3 aromatic carbocycles. The van der Waals surface area contributed by atoms with Gasteiger partial charge in [0.2, 0.25) is 5.91 Å². The lowest BCUT2D eigenvalue weighted by molar-refractivity contribution is -0.145. The summed E-state index contributed by atoms with van der Waals surface area (Å²) in [6, 6.07) is 19.9. The minimum absolute atomic E-state index is 0.0639. The van der Waals surface area contributed by atoms with Crippen molar-refractivity contribution in [3.63, 3.8) is 0 Å². The largest absolute Gasteiger partial charge is 0.467 e. The van der Waals surface area contributed by atoms with Gasteiger partial charge in [0.1, 0.15) is 23.5 Å². The summed E-state index contributed by atoms with van der Waals surface area (Å²) in [4.78, 5) is 41.2. The molecule has 0 saturated carbocycles. The molecule has 1 atom stereocenters. The Morgan fingerprint density at radius 3 is 2.26 bits per heavy atom. The van der Waals surface area contributed by atoms with Gasteiger partial charge in [0, 0.05) is 28.6 Å². The van der Waals surface area contributed by atoms with Crippen molar-refractivity contribution < 1.29 is 23.9 Å². The van der Waals surface area contributed by atoms with E-state index in [0.29, 0.717) is 40.1 Å². The molecule has 1 heterocycles. The first kappa shape index (κ1) is 30.3. The lowest BCUT2D eigenvalue weighted by atomic mass is 10.00. The molecule has 0 aliphatic rings. The zero-order chi connectivity index (χ0) is 30.9. The number of nitrogen functional groups attached to an aromatic ring is 2. The molecule has 0 bridgehead atoms. The number of ether oxygens (including phenoxy) is 2. The molecule has 1 aromatic heterocycles. The molecule has 4 rings (SSSR count). The highest BCUT2D eigenvalue weighted by molar-refractivity contribution is 6.02. The second-order valence-electron chi connectivity index (χ2n) is 9.74. The Morgan fingerprint density at radius 1 is 0.930 bits per heavy atom. The van der Waals surface area contributed by atoms with Gasteiger partial charge in [-0.3, -0.25) is 15.6 Å². The van der Waals surface area contributed by atoms with Gasteiger partial charge in [-0.25, -0.2) is 9.59 Å². The molecular formula is C31H33N7O5. The van der Waals surface area contributed by atoms with Crippen LogP contribution in [0.1, 0.15) is 29.5 Å². The second kappa shape index (κ2) is 13.8. The van der Waals surface area contributed by atoms with Crippen LogP contribution in [0.4, 0.5) is 4.79 Å². The zero-order valence-corrected chi connectivity index (χ0v) is 23.5. The maximum absolute atomic E-state index is 13.3. The summed E-state index contributed by atoms with van der Waals surface area (Å²) in [6.45, 7) is 0.219. The molecule has 0 fully saturated rings. The highest BCUT2D eigenvalue weighted by Crippen LogP contribution is 2.32. The molecule has 4 aromatic rings. The first-order valence-corrected chi connectivity index (χ1v) is 13.5. The first-order chi connectivity index (χ1) is 20.7. The fourth-order valence-corrected chi connectivity index (χ4v) is 4.60. The predicted molar refractivity (Wildman–Crippen MR) is 163 cm³/mol. The summed E-state index contributed by atoms with van der Waals surface area (Å²) in [7, 11) is 1.24. The van der Waals surface area contributed by atoms with Gasteiger partial charge in [-0.05, 0) is 42.2 Å². The maximum atomic E-state index is 13.3. The highest BCUT2D eigenvalue weighted by Gasteiger charge is 2.24. The van der Waals surface area contributed by atoms with Crippen molar-refractivity contribution in [1.82, 2.24) is 15.6 Å². The topological polar surface area (TPSA) is 209 Å². The third-order valence-corrected chi connectivity index (χ3v) is 6.75. The van der Waals surface area contributed by atoms with E-state index in [1.54, 1.807) is 66.7 Å². The average molecular weight is 584 g/mol. The molecule has 2 amide bonds. The van der Waals surface area contributed by atoms with Crippen LogP contribution in [0, 0.1) is 10.8 Å². The number of methoxy groups -OCH3 is 1. The van der Waals surface area contributed by atoms with Gasteiger partial charge < -0.3 is 36.6 Å². The summed E-state index contributed by atoms with van der Waals surface area (Å²) >= 11 is 0. The molecule has 0 spiro atoms. The minimum atomic E-state index is -0.933. The quantitative estimate of drug-likeness (QED) is 0.0572. The lowest BCUT2D eigenvalue weighted by Gasteiger charge is -2.17. The number of aromatic nitrogens is 1. The lowest BCUT2D eigenvalue weighted by Crippen LogP contribution is -2.42. The Morgan fingerprint density at radius 2 is 1.60 bits per heavy atom. The normalized spacial score (nSPS) is 11.4. The van der Waals surface area contributed by atoms with E-state index in [-0.39, 0.29) is 31.1 Å². The van der Waals surface area contributed by atoms with Gasteiger partial charge in [-0.15, -0.1) is 0 Å². The number of benzene rings is 3. The van der Waals surface area contributed by atoms with E-state index in [1.807, 2.05) is 6.07 Å². The molecule has 12 heteroatoms. The molecular weight excluding hydrogens is 550 g/mol. The number of nitrogens with two attached hydrogens (primary N) is 2. The summed E-state index contributed by atoms with van der Waals surface area (Å²) in [6.07, 6.45) is -0.100. The van der Waals surface area contributed by atoms with E-state index >= 15 is 0 Å². The fraction of sp³-hybridized carbons (Fsp3) is 0.194.